The van der Waals surface area contributed by atoms with Crippen molar-refractivity contribution in [3.05, 3.63) is 71.3 Å². The van der Waals surface area contributed by atoms with Crippen LogP contribution in [0.1, 0.15) is 29.0 Å². The van der Waals surface area contributed by atoms with Gasteiger partial charge in [-0.25, -0.2) is 0 Å². The van der Waals surface area contributed by atoms with E-state index in [0.717, 1.165) is 6.54 Å². The molecule has 104 valence electrons. The first kappa shape index (κ1) is 13.3. The van der Waals surface area contributed by atoms with E-state index in [0.29, 0.717) is 18.6 Å². The van der Waals surface area contributed by atoms with Crippen LogP contribution < -0.4 is 5.32 Å². The highest BCUT2D eigenvalue weighted by Gasteiger charge is 2.37. The van der Waals surface area contributed by atoms with E-state index in [1.54, 1.807) is 7.11 Å². The first-order valence-electron chi connectivity index (χ1n) is 7.22. The Hall–Kier alpha value is -1.64. The summed E-state index contributed by atoms with van der Waals surface area (Å²) in [5.74, 6) is 0.686. The van der Waals surface area contributed by atoms with Gasteiger partial charge in [0, 0.05) is 25.6 Å². The lowest BCUT2D eigenvalue weighted by Crippen LogP contribution is -2.18. The molecule has 2 aromatic carbocycles. The third kappa shape index (κ3) is 3.09. The van der Waals surface area contributed by atoms with Crippen LogP contribution in [-0.2, 0) is 17.9 Å². The number of hydrogen-bond donors (Lipinski definition) is 1. The van der Waals surface area contributed by atoms with Crippen LogP contribution in [0.15, 0.2) is 54.6 Å². The first-order chi connectivity index (χ1) is 9.88. The fourth-order valence-electron chi connectivity index (χ4n) is 2.76. The molecule has 2 atom stereocenters. The first-order valence-corrected chi connectivity index (χ1v) is 7.22. The molecular formula is C18H21NO. The molecule has 1 fully saturated rings. The standard InChI is InChI=1S/C18H21NO/c1-20-13-16-10-6-5-9-15(16)12-19-18-11-17(18)14-7-3-2-4-8-14/h2-10,17-19H,11-13H2,1H3. The summed E-state index contributed by atoms with van der Waals surface area (Å²) in [6, 6.07) is 19.9. The molecule has 2 nitrogen and oxygen atoms in total. The van der Waals surface area contributed by atoms with Gasteiger partial charge >= 0.3 is 0 Å². The summed E-state index contributed by atoms with van der Waals surface area (Å²) in [7, 11) is 1.75. The third-order valence-electron chi connectivity index (χ3n) is 3.99. The van der Waals surface area contributed by atoms with Crippen LogP contribution in [0.5, 0.6) is 0 Å². The van der Waals surface area contributed by atoms with Gasteiger partial charge in [0.25, 0.3) is 0 Å². The lowest BCUT2D eigenvalue weighted by Gasteiger charge is -2.10. The van der Waals surface area contributed by atoms with Crippen molar-refractivity contribution >= 4 is 0 Å². The van der Waals surface area contributed by atoms with Crippen molar-refractivity contribution in [3.8, 4) is 0 Å². The summed E-state index contributed by atoms with van der Waals surface area (Å²) < 4.78 is 5.25. The molecule has 0 heterocycles. The molecule has 0 radical (unpaired) electrons. The normalized spacial score (nSPS) is 20.9. The van der Waals surface area contributed by atoms with Gasteiger partial charge in [-0.15, -0.1) is 0 Å². The second-order valence-electron chi connectivity index (χ2n) is 5.44. The predicted molar refractivity (Wildman–Crippen MR) is 81.6 cm³/mol. The zero-order chi connectivity index (χ0) is 13.8. The molecular weight excluding hydrogens is 246 g/mol. The zero-order valence-corrected chi connectivity index (χ0v) is 11.9. The highest BCUT2D eigenvalue weighted by molar-refractivity contribution is 5.29. The molecule has 1 N–H and O–H groups in total. The molecule has 0 aromatic heterocycles. The maximum atomic E-state index is 5.25. The van der Waals surface area contributed by atoms with E-state index in [9.17, 15) is 0 Å². The highest BCUT2D eigenvalue weighted by Crippen LogP contribution is 2.40. The molecule has 2 aromatic rings. The Morgan fingerprint density at radius 2 is 1.70 bits per heavy atom. The van der Waals surface area contributed by atoms with Crippen LogP contribution in [0.25, 0.3) is 0 Å². The molecule has 20 heavy (non-hydrogen) atoms. The molecule has 3 rings (SSSR count). The Kier molecular flexibility index (Phi) is 4.14. The molecule has 0 bridgehead atoms. The summed E-state index contributed by atoms with van der Waals surface area (Å²) in [5, 5.41) is 3.66. The van der Waals surface area contributed by atoms with E-state index in [1.807, 2.05) is 0 Å². The van der Waals surface area contributed by atoms with Crippen LogP contribution in [0.2, 0.25) is 0 Å². The van der Waals surface area contributed by atoms with Gasteiger partial charge in [0.1, 0.15) is 0 Å². The van der Waals surface area contributed by atoms with Crippen molar-refractivity contribution in [1.29, 1.82) is 0 Å². The molecule has 0 amide bonds. The second kappa shape index (κ2) is 6.21. The van der Waals surface area contributed by atoms with E-state index in [2.05, 4.69) is 59.9 Å². The van der Waals surface area contributed by atoms with Crippen molar-refractivity contribution < 1.29 is 4.74 Å². The molecule has 2 heteroatoms. The molecule has 1 saturated carbocycles. The number of hydrogen-bond acceptors (Lipinski definition) is 2. The van der Waals surface area contributed by atoms with Gasteiger partial charge < -0.3 is 10.1 Å². The summed E-state index contributed by atoms with van der Waals surface area (Å²) in [4.78, 5) is 0. The van der Waals surface area contributed by atoms with Gasteiger partial charge in [0.05, 0.1) is 6.61 Å². The third-order valence-corrected chi connectivity index (χ3v) is 3.99. The van der Waals surface area contributed by atoms with Gasteiger partial charge in [-0.3, -0.25) is 0 Å². The largest absolute Gasteiger partial charge is 0.380 e. The van der Waals surface area contributed by atoms with Crippen LogP contribution >= 0.6 is 0 Å². The monoisotopic (exact) mass is 267 g/mol. The van der Waals surface area contributed by atoms with Gasteiger partial charge in [0.2, 0.25) is 0 Å². The summed E-state index contributed by atoms with van der Waals surface area (Å²) in [5.41, 5.74) is 4.07. The second-order valence-corrected chi connectivity index (χ2v) is 5.44. The van der Waals surface area contributed by atoms with Gasteiger partial charge in [-0.05, 0) is 23.1 Å². The van der Waals surface area contributed by atoms with Crippen molar-refractivity contribution in [2.75, 3.05) is 7.11 Å². The lowest BCUT2D eigenvalue weighted by atomic mass is 10.1. The number of benzene rings is 2. The summed E-state index contributed by atoms with van der Waals surface area (Å²) in [6.07, 6.45) is 1.25. The number of ether oxygens (including phenoxy) is 1. The average Bonchev–Trinajstić information content (AvgIpc) is 3.27. The minimum Gasteiger partial charge on any atom is -0.380 e. The van der Waals surface area contributed by atoms with Crippen LogP contribution in [0, 0.1) is 0 Å². The molecule has 1 aliphatic carbocycles. The fourth-order valence-corrected chi connectivity index (χ4v) is 2.76. The Balaban J connectivity index is 1.57. The highest BCUT2D eigenvalue weighted by atomic mass is 16.5. The van der Waals surface area contributed by atoms with Gasteiger partial charge in [-0.2, -0.15) is 0 Å². The van der Waals surface area contributed by atoms with Crippen molar-refractivity contribution in [2.45, 2.75) is 31.5 Å². The van der Waals surface area contributed by atoms with E-state index in [1.165, 1.54) is 23.1 Å². The van der Waals surface area contributed by atoms with Crippen LogP contribution in [0.3, 0.4) is 0 Å². The van der Waals surface area contributed by atoms with Crippen LogP contribution in [-0.4, -0.2) is 13.2 Å². The molecule has 1 aliphatic rings. The SMILES string of the molecule is COCc1ccccc1CNC1CC1c1ccccc1. The smallest absolute Gasteiger partial charge is 0.0716 e. The quantitative estimate of drug-likeness (QED) is 0.865. The summed E-state index contributed by atoms with van der Waals surface area (Å²) in [6.45, 7) is 1.61. The minimum atomic E-state index is 0.619. The Bertz CT molecular complexity index is 552. The van der Waals surface area contributed by atoms with Crippen molar-refractivity contribution in [3.63, 3.8) is 0 Å². The lowest BCUT2D eigenvalue weighted by molar-refractivity contribution is 0.184. The van der Waals surface area contributed by atoms with E-state index in [-0.39, 0.29) is 0 Å². The number of nitrogens with one attached hydrogen (secondary N) is 1. The van der Waals surface area contributed by atoms with Crippen LogP contribution in [0.4, 0.5) is 0 Å². The van der Waals surface area contributed by atoms with E-state index < -0.39 is 0 Å². The van der Waals surface area contributed by atoms with Gasteiger partial charge in [0.15, 0.2) is 0 Å². The zero-order valence-electron chi connectivity index (χ0n) is 11.9. The van der Waals surface area contributed by atoms with Crippen molar-refractivity contribution in [1.82, 2.24) is 5.32 Å². The molecule has 2 unspecified atom stereocenters. The Morgan fingerprint density at radius 3 is 2.45 bits per heavy atom. The van der Waals surface area contributed by atoms with E-state index >= 15 is 0 Å². The van der Waals surface area contributed by atoms with Crippen molar-refractivity contribution in [2.24, 2.45) is 0 Å². The topological polar surface area (TPSA) is 21.3 Å². The summed E-state index contributed by atoms with van der Waals surface area (Å²) >= 11 is 0. The Morgan fingerprint density at radius 1 is 1.00 bits per heavy atom. The maximum Gasteiger partial charge on any atom is 0.0716 e. The minimum absolute atomic E-state index is 0.619. The Labute approximate surface area is 120 Å². The van der Waals surface area contributed by atoms with Gasteiger partial charge in [-0.1, -0.05) is 54.6 Å². The molecule has 0 aliphatic heterocycles. The number of rotatable bonds is 6. The van der Waals surface area contributed by atoms with E-state index in [4.69, 9.17) is 4.74 Å². The average molecular weight is 267 g/mol. The molecule has 0 saturated heterocycles. The fraction of sp³-hybridized carbons (Fsp3) is 0.333. The molecule has 0 spiro atoms. The number of methoxy groups -OCH3 is 1. The maximum absolute atomic E-state index is 5.25. The predicted octanol–water partition coefficient (Wildman–Crippen LogP) is 3.48.